The number of carbonyl (C=O) groups excluding carboxylic acids is 1. The van der Waals surface area contributed by atoms with Crippen molar-refractivity contribution in [1.82, 2.24) is 24.6 Å². The Hall–Kier alpha value is -3.98. The number of imidazole rings is 1. The number of nitrogens with zero attached hydrogens (tertiary/aromatic N) is 6. The van der Waals surface area contributed by atoms with E-state index >= 15 is 4.39 Å². The van der Waals surface area contributed by atoms with Crippen molar-refractivity contribution >= 4 is 33.6 Å². The van der Waals surface area contributed by atoms with Gasteiger partial charge in [-0.3, -0.25) is 9.50 Å². The molecule has 4 aromatic rings. The summed E-state index contributed by atoms with van der Waals surface area (Å²) in [5.41, 5.74) is 1.70. The van der Waals surface area contributed by atoms with E-state index in [0.29, 0.717) is 51.3 Å². The third-order valence-electron chi connectivity index (χ3n) is 5.55. The number of hydrogen-bond acceptors (Lipinski definition) is 7. The van der Waals surface area contributed by atoms with Crippen molar-refractivity contribution in [2.45, 2.75) is 39.3 Å². The lowest BCUT2D eigenvalue weighted by molar-refractivity contribution is 0.0574. The van der Waals surface area contributed by atoms with Crippen LogP contribution in [-0.2, 0) is 17.7 Å². The summed E-state index contributed by atoms with van der Waals surface area (Å²) >= 11 is 3.44. The number of fused-ring (bicyclic) bond motifs is 2. The van der Waals surface area contributed by atoms with Crippen molar-refractivity contribution in [3.63, 3.8) is 0 Å². The summed E-state index contributed by atoms with van der Waals surface area (Å²) in [5, 5.41) is 16.5. The predicted octanol–water partition coefficient (Wildman–Crippen LogP) is 4.77. The van der Waals surface area contributed by atoms with Crippen LogP contribution in [0.2, 0.25) is 0 Å². The van der Waals surface area contributed by atoms with Gasteiger partial charge in [-0.1, -0.05) is 0 Å². The van der Waals surface area contributed by atoms with Crippen molar-refractivity contribution in [2.75, 3.05) is 11.5 Å². The number of ether oxygens (including phenoxy) is 2. The Bertz CT molecular complexity index is 1530. The molecule has 0 radical (unpaired) electrons. The lowest BCUT2D eigenvalue weighted by Gasteiger charge is -2.28. The summed E-state index contributed by atoms with van der Waals surface area (Å²) in [7, 11) is 0. The first kappa shape index (κ1) is 23.7. The second-order valence-corrected chi connectivity index (χ2v) is 10.0. The van der Waals surface area contributed by atoms with Crippen LogP contribution in [-0.4, -0.2) is 42.9 Å². The van der Waals surface area contributed by atoms with Gasteiger partial charge in [-0.2, -0.15) is 10.4 Å². The minimum Gasteiger partial charge on any atom is -0.493 e. The number of aromatic nitrogens is 5. The van der Waals surface area contributed by atoms with Gasteiger partial charge < -0.3 is 9.47 Å². The minimum absolute atomic E-state index is 0.111. The number of anilines is 1. The van der Waals surface area contributed by atoms with Crippen LogP contribution in [0.4, 0.5) is 15.1 Å². The van der Waals surface area contributed by atoms with Gasteiger partial charge in [0.2, 0.25) is 5.95 Å². The first-order valence-corrected chi connectivity index (χ1v) is 11.9. The third-order valence-corrected chi connectivity index (χ3v) is 6.15. The summed E-state index contributed by atoms with van der Waals surface area (Å²) in [6, 6.07) is 4.92. The number of benzene rings is 1. The molecule has 1 aromatic carbocycles. The van der Waals surface area contributed by atoms with E-state index in [1.54, 1.807) is 33.0 Å². The zero-order valence-electron chi connectivity index (χ0n) is 19.7. The Morgan fingerprint density at radius 1 is 1.42 bits per heavy atom. The van der Waals surface area contributed by atoms with Crippen molar-refractivity contribution in [3.05, 3.63) is 57.8 Å². The summed E-state index contributed by atoms with van der Waals surface area (Å²) in [6.45, 7) is 5.49. The van der Waals surface area contributed by atoms with E-state index in [9.17, 15) is 10.1 Å². The Labute approximate surface area is 213 Å². The van der Waals surface area contributed by atoms with Crippen LogP contribution in [0.5, 0.6) is 5.75 Å². The standard InChI is InChI=1S/C24H21BrFN7O3/c1-24(2,3)36-23(34)33(12-16-14-6-7-35-19(14)5-4-18(16)26)22-28-9-15(20-17(25)10-29-31-20)21-30-13(8-27)11-32(21)22/h4-5,9-11H,6-7,12H2,1-3H3,(H,29,31). The monoisotopic (exact) mass is 553 g/mol. The molecule has 0 bridgehead atoms. The molecule has 3 aromatic heterocycles. The normalized spacial score (nSPS) is 12.8. The fourth-order valence-electron chi connectivity index (χ4n) is 4.03. The van der Waals surface area contributed by atoms with E-state index in [1.807, 2.05) is 6.07 Å². The topological polar surface area (TPSA) is 121 Å². The SMILES string of the molecule is CC(C)(C)OC(=O)N(Cc1c(F)ccc2c1CCO2)c1ncc(-c2n[nH]cc2Br)c2nc(C#N)cn12. The molecule has 12 heteroatoms. The Kier molecular flexibility index (Phi) is 5.88. The van der Waals surface area contributed by atoms with Crippen molar-refractivity contribution in [2.24, 2.45) is 0 Å². The summed E-state index contributed by atoms with van der Waals surface area (Å²) in [5.74, 6) is 0.228. The van der Waals surface area contributed by atoms with Crippen LogP contribution in [0.15, 0.2) is 35.2 Å². The van der Waals surface area contributed by atoms with E-state index in [1.165, 1.54) is 27.8 Å². The highest BCUT2D eigenvalue weighted by molar-refractivity contribution is 9.10. The van der Waals surface area contributed by atoms with Crippen molar-refractivity contribution in [1.29, 1.82) is 5.26 Å². The summed E-state index contributed by atoms with van der Waals surface area (Å²) < 4.78 is 28.5. The number of amides is 1. The number of nitrogens with one attached hydrogen (secondary N) is 1. The number of aromatic amines is 1. The van der Waals surface area contributed by atoms with Gasteiger partial charge in [0, 0.05) is 29.9 Å². The van der Waals surface area contributed by atoms with Gasteiger partial charge in [0.25, 0.3) is 0 Å². The molecular weight excluding hydrogens is 533 g/mol. The first-order chi connectivity index (χ1) is 17.2. The molecule has 5 rings (SSSR count). The number of carbonyl (C=O) groups is 1. The van der Waals surface area contributed by atoms with E-state index in [-0.39, 0.29) is 18.2 Å². The van der Waals surface area contributed by atoms with Crippen LogP contribution in [0.1, 0.15) is 37.6 Å². The molecule has 0 spiro atoms. The Morgan fingerprint density at radius 3 is 2.92 bits per heavy atom. The number of hydrogen-bond donors (Lipinski definition) is 1. The van der Waals surface area contributed by atoms with Crippen LogP contribution >= 0.6 is 15.9 Å². The molecule has 36 heavy (non-hydrogen) atoms. The molecule has 0 saturated heterocycles. The smallest absolute Gasteiger partial charge is 0.417 e. The van der Waals surface area contributed by atoms with Crippen LogP contribution < -0.4 is 9.64 Å². The van der Waals surface area contributed by atoms with Gasteiger partial charge in [0.1, 0.15) is 28.9 Å². The zero-order chi connectivity index (χ0) is 25.6. The van der Waals surface area contributed by atoms with Crippen molar-refractivity contribution in [3.8, 4) is 23.1 Å². The Balaban J connectivity index is 1.69. The van der Waals surface area contributed by atoms with E-state index in [2.05, 4.69) is 36.1 Å². The molecule has 0 aliphatic carbocycles. The van der Waals surface area contributed by atoms with Crippen LogP contribution in [0, 0.1) is 17.1 Å². The number of H-pyrrole nitrogens is 1. The molecule has 0 saturated carbocycles. The fraction of sp³-hybridized carbons (Fsp3) is 0.292. The number of halogens is 2. The number of nitriles is 1. The molecular formula is C24H21BrFN7O3. The van der Waals surface area contributed by atoms with Crippen LogP contribution in [0.3, 0.4) is 0 Å². The average molecular weight is 554 g/mol. The summed E-state index contributed by atoms with van der Waals surface area (Å²) in [6.07, 6.45) is 4.42. The predicted molar refractivity (Wildman–Crippen MR) is 131 cm³/mol. The van der Waals surface area contributed by atoms with Gasteiger partial charge in [-0.05, 0) is 48.8 Å². The molecule has 10 nitrogen and oxygen atoms in total. The highest BCUT2D eigenvalue weighted by Crippen LogP contribution is 2.34. The lowest BCUT2D eigenvalue weighted by atomic mass is 10.0. The second-order valence-electron chi connectivity index (χ2n) is 9.15. The molecule has 184 valence electrons. The molecule has 1 aliphatic rings. The molecule has 0 unspecified atom stereocenters. The molecule has 1 amide bonds. The zero-order valence-corrected chi connectivity index (χ0v) is 21.3. The second kappa shape index (κ2) is 8.91. The van der Waals surface area contributed by atoms with Gasteiger partial charge in [-0.25, -0.2) is 24.1 Å². The number of rotatable bonds is 4. The molecule has 1 N–H and O–H groups in total. The third kappa shape index (κ3) is 4.26. The lowest BCUT2D eigenvalue weighted by Crippen LogP contribution is -2.38. The Morgan fingerprint density at radius 2 is 2.22 bits per heavy atom. The van der Waals surface area contributed by atoms with E-state index < -0.39 is 17.5 Å². The highest BCUT2D eigenvalue weighted by Gasteiger charge is 2.31. The summed E-state index contributed by atoms with van der Waals surface area (Å²) in [4.78, 5) is 23.6. The van der Waals surface area contributed by atoms with Crippen LogP contribution in [0.25, 0.3) is 16.9 Å². The molecule has 1 aliphatic heterocycles. The molecule has 0 atom stereocenters. The van der Waals surface area contributed by atoms with E-state index in [0.717, 1.165) is 0 Å². The van der Waals surface area contributed by atoms with Crippen molar-refractivity contribution < 1.29 is 18.7 Å². The maximum Gasteiger partial charge on any atom is 0.417 e. The molecule has 0 fully saturated rings. The van der Waals surface area contributed by atoms with Gasteiger partial charge in [0.05, 0.1) is 29.4 Å². The minimum atomic E-state index is -0.818. The largest absolute Gasteiger partial charge is 0.493 e. The van der Waals surface area contributed by atoms with E-state index in [4.69, 9.17) is 9.47 Å². The molecule has 4 heterocycles. The maximum atomic E-state index is 15.1. The quantitative estimate of drug-likeness (QED) is 0.386. The van der Waals surface area contributed by atoms with Gasteiger partial charge >= 0.3 is 6.09 Å². The van der Waals surface area contributed by atoms with Gasteiger partial charge in [0.15, 0.2) is 11.3 Å². The average Bonchev–Trinajstić information content (AvgIpc) is 3.56. The first-order valence-electron chi connectivity index (χ1n) is 11.1. The highest BCUT2D eigenvalue weighted by atomic mass is 79.9. The van der Waals surface area contributed by atoms with Gasteiger partial charge in [-0.15, -0.1) is 0 Å². The fourth-order valence-corrected chi connectivity index (χ4v) is 4.43. The maximum absolute atomic E-state index is 15.1.